The second-order valence-electron chi connectivity index (χ2n) is 4.79. The van der Waals surface area contributed by atoms with Gasteiger partial charge in [0.2, 0.25) is 5.78 Å². The molecule has 110 valence electrons. The summed E-state index contributed by atoms with van der Waals surface area (Å²) in [6.07, 6.45) is -0.618. The topological polar surface area (TPSA) is 52.3 Å². The van der Waals surface area contributed by atoms with Crippen molar-refractivity contribution in [2.45, 2.75) is 20.0 Å². The molecular formula is C16H15Br2NO2. The Morgan fingerprint density at radius 2 is 1.90 bits per heavy atom. The molecule has 0 aliphatic carbocycles. The van der Waals surface area contributed by atoms with Crippen LogP contribution in [0.15, 0.2) is 45.3 Å². The molecule has 0 spiro atoms. The van der Waals surface area contributed by atoms with Gasteiger partial charge in [0, 0.05) is 14.5 Å². The number of hydrogen-bond acceptors (Lipinski definition) is 3. The first-order valence-electron chi connectivity index (χ1n) is 6.40. The largest absolute Gasteiger partial charge is 0.480 e. The van der Waals surface area contributed by atoms with Crippen LogP contribution in [0.2, 0.25) is 0 Å². The average molecular weight is 413 g/mol. The van der Waals surface area contributed by atoms with Crippen LogP contribution in [0.5, 0.6) is 5.75 Å². The predicted molar refractivity (Wildman–Crippen MR) is 91.9 cm³/mol. The Morgan fingerprint density at radius 1 is 1.19 bits per heavy atom. The van der Waals surface area contributed by atoms with Gasteiger partial charge in [0.05, 0.1) is 5.69 Å². The van der Waals surface area contributed by atoms with E-state index in [4.69, 9.17) is 10.5 Å². The minimum atomic E-state index is -0.618. The number of Topliss-reactive ketones (excluding diaryl/α,β-unsaturated/α-hetero) is 1. The van der Waals surface area contributed by atoms with Crippen LogP contribution >= 0.6 is 31.9 Å². The van der Waals surface area contributed by atoms with E-state index in [-0.39, 0.29) is 5.78 Å². The van der Waals surface area contributed by atoms with Gasteiger partial charge >= 0.3 is 0 Å². The molecule has 3 nitrogen and oxygen atoms in total. The molecule has 0 aliphatic rings. The third kappa shape index (κ3) is 3.86. The molecule has 0 aliphatic heterocycles. The summed E-state index contributed by atoms with van der Waals surface area (Å²) in [5.41, 5.74) is 8.07. The lowest BCUT2D eigenvalue weighted by Gasteiger charge is -2.16. The van der Waals surface area contributed by atoms with Crippen molar-refractivity contribution in [1.29, 1.82) is 0 Å². The van der Waals surface area contributed by atoms with E-state index in [1.165, 1.54) is 0 Å². The molecule has 1 unspecified atom stereocenters. The second kappa shape index (κ2) is 6.62. The zero-order chi connectivity index (χ0) is 15.6. The molecule has 0 aromatic heterocycles. The summed E-state index contributed by atoms with van der Waals surface area (Å²) in [6.45, 7) is 3.67. The first kappa shape index (κ1) is 16.0. The molecule has 0 amide bonds. The van der Waals surface area contributed by atoms with Gasteiger partial charge in [-0.05, 0) is 49.7 Å². The Hall–Kier alpha value is -1.33. The number of nitrogens with two attached hydrogens (primary N) is 1. The van der Waals surface area contributed by atoms with Gasteiger partial charge in [-0.2, -0.15) is 0 Å². The van der Waals surface area contributed by atoms with E-state index in [1.54, 1.807) is 19.1 Å². The quantitative estimate of drug-likeness (QED) is 0.582. The molecule has 5 heteroatoms. The molecule has 0 fully saturated rings. The third-order valence-corrected chi connectivity index (χ3v) is 4.18. The molecule has 0 saturated heterocycles. The number of aryl methyl sites for hydroxylation is 1. The van der Waals surface area contributed by atoms with Crippen molar-refractivity contribution in [3.63, 3.8) is 0 Å². The molecule has 0 bridgehead atoms. The minimum absolute atomic E-state index is 0.102. The standard InChI is InChI=1S/C16H15Br2NO2/c1-9-3-6-15(14(19)7-9)21-10(2)16(20)12-5-4-11(17)8-13(12)18/h3-8,10H,19H2,1-2H3. The highest BCUT2D eigenvalue weighted by atomic mass is 79.9. The molecule has 2 rings (SSSR count). The van der Waals surface area contributed by atoms with E-state index in [2.05, 4.69) is 31.9 Å². The first-order chi connectivity index (χ1) is 9.88. The number of nitrogen functional groups attached to an aromatic ring is 1. The highest BCUT2D eigenvalue weighted by molar-refractivity contribution is 9.11. The molecule has 1 atom stereocenters. The number of benzene rings is 2. The van der Waals surface area contributed by atoms with Crippen molar-refractivity contribution in [3.05, 3.63) is 56.5 Å². The molecule has 2 N–H and O–H groups in total. The van der Waals surface area contributed by atoms with Gasteiger partial charge in [0.25, 0.3) is 0 Å². The summed E-state index contributed by atoms with van der Waals surface area (Å²) in [5, 5.41) is 0. The molecule has 0 radical (unpaired) electrons. The first-order valence-corrected chi connectivity index (χ1v) is 7.99. The smallest absolute Gasteiger partial charge is 0.204 e. The van der Waals surface area contributed by atoms with Gasteiger partial charge in [-0.25, -0.2) is 0 Å². The van der Waals surface area contributed by atoms with Crippen molar-refractivity contribution in [2.75, 3.05) is 5.73 Å². The van der Waals surface area contributed by atoms with Crippen LogP contribution in [0.4, 0.5) is 5.69 Å². The fourth-order valence-electron chi connectivity index (χ4n) is 1.93. The molecular weight excluding hydrogens is 398 g/mol. The number of carbonyl (C=O) groups is 1. The van der Waals surface area contributed by atoms with Gasteiger partial charge in [-0.3, -0.25) is 4.79 Å². The summed E-state index contributed by atoms with van der Waals surface area (Å²) in [4.78, 5) is 12.4. The Kier molecular flexibility index (Phi) is 5.06. The number of ketones is 1. The Labute approximate surface area is 140 Å². The summed E-state index contributed by atoms with van der Waals surface area (Å²) >= 11 is 6.76. The van der Waals surface area contributed by atoms with Crippen LogP contribution in [0.3, 0.4) is 0 Å². The number of anilines is 1. The maximum Gasteiger partial charge on any atom is 0.204 e. The lowest BCUT2D eigenvalue weighted by Crippen LogP contribution is -2.24. The van der Waals surface area contributed by atoms with Crippen LogP contribution in [0.25, 0.3) is 0 Å². The zero-order valence-corrected chi connectivity index (χ0v) is 14.9. The van der Waals surface area contributed by atoms with E-state index in [1.807, 2.05) is 31.2 Å². The number of carbonyl (C=O) groups excluding carboxylic acids is 1. The van der Waals surface area contributed by atoms with Gasteiger partial charge in [-0.15, -0.1) is 0 Å². The van der Waals surface area contributed by atoms with Crippen molar-refractivity contribution in [2.24, 2.45) is 0 Å². The van der Waals surface area contributed by atoms with Gasteiger partial charge in [-0.1, -0.05) is 37.9 Å². The Bertz CT molecular complexity index is 686. The van der Waals surface area contributed by atoms with E-state index in [9.17, 15) is 4.79 Å². The molecule has 21 heavy (non-hydrogen) atoms. The van der Waals surface area contributed by atoms with Crippen LogP contribution in [0.1, 0.15) is 22.8 Å². The fraction of sp³-hybridized carbons (Fsp3) is 0.188. The minimum Gasteiger partial charge on any atom is -0.480 e. The fourth-order valence-corrected chi connectivity index (χ4v) is 3.17. The highest BCUT2D eigenvalue weighted by Crippen LogP contribution is 2.26. The maximum absolute atomic E-state index is 12.4. The average Bonchev–Trinajstić information content (AvgIpc) is 2.41. The van der Waals surface area contributed by atoms with Crippen LogP contribution < -0.4 is 10.5 Å². The van der Waals surface area contributed by atoms with Gasteiger partial charge in [0.15, 0.2) is 6.10 Å². The predicted octanol–water partition coefficient (Wildman–Crippen LogP) is 4.75. The van der Waals surface area contributed by atoms with E-state index < -0.39 is 6.10 Å². The lowest BCUT2D eigenvalue weighted by molar-refractivity contribution is 0.0818. The Balaban J connectivity index is 2.19. The van der Waals surface area contributed by atoms with Crippen molar-refractivity contribution < 1.29 is 9.53 Å². The normalized spacial score (nSPS) is 12.0. The second-order valence-corrected chi connectivity index (χ2v) is 6.56. The summed E-state index contributed by atoms with van der Waals surface area (Å²) in [6, 6.07) is 10.9. The van der Waals surface area contributed by atoms with Crippen molar-refractivity contribution in [3.8, 4) is 5.75 Å². The molecule has 2 aromatic rings. The van der Waals surface area contributed by atoms with Crippen LogP contribution in [-0.4, -0.2) is 11.9 Å². The number of halogens is 2. The van der Waals surface area contributed by atoms with E-state index in [0.29, 0.717) is 17.0 Å². The SMILES string of the molecule is Cc1ccc(OC(C)C(=O)c2ccc(Br)cc2Br)c(N)c1. The van der Waals surface area contributed by atoms with Crippen LogP contribution in [-0.2, 0) is 0 Å². The molecule has 2 aromatic carbocycles. The zero-order valence-electron chi connectivity index (χ0n) is 11.7. The lowest BCUT2D eigenvalue weighted by atomic mass is 10.1. The third-order valence-electron chi connectivity index (χ3n) is 3.03. The van der Waals surface area contributed by atoms with Crippen molar-refractivity contribution in [1.82, 2.24) is 0 Å². The van der Waals surface area contributed by atoms with E-state index in [0.717, 1.165) is 14.5 Å². The number of hydrogen-bond donors (Lipinski definition) is 1. The summed E-state index contributed by atoms with van der Waals surface area (Å²) in [7, 11) is 0. The van der Waals surface area contributed by atoms with E-state index >= 15 is 0 Å². The van der Waals surface area contributed by atoms with Crippen molar-refractivity contribution >= 4 is 43.3 Å². The number of ether oxygens (including phenoxy) is 1. The molecule has 0 heterocycles. The summed E-state index contributed by atoms with van der Waals surface area (Å²) < 4.78 is 7.33. The Morgan fingerprint density at radius 3 is 2.52 bits per heavy atom. The van der Waals surface area contributed by atoms with Gasteiger partial charge in [0.1, 0.15) is 5.75 Å². The van der Waals surface area contributed by atoms with Crippen LogP contribution in [0, 0.1) is 6.92 Å². The summed E-state index contributed by atoms with van der Waals surface area (Å²) in [5.74, 6) is 0.420. The number of rotatable bonds is 4. The highest BCUT2D eigenvalue weighted by Gasteiger charge is 2.20. The van der Waals surface area contributed by atoms with Gasteiger partial charge < -0.3 is 10.5 Å². The monoisotopic (exact) mass is 411 g/mol. The molecule has 0 saturated carbocycles. The maximum atomic E-state index is 12.4.